The number of nitrogens with zero attached hydrogens (tertiary/aromatic N) is 5. The molecule has 0 aliphatic heterocycles. The van der Waals surface area contributed by atoms with Crippen molar-refractivity contribution in [3.63, 3.8) is 0 Å². The molecule has 0 amide bonds. The molecule has 10 aromatic carbocycles. The quantitative estimate of drug-likeness (QED) is 0.0569. The Kier molecular flexibility index (Phi) is 33.7. The normalized spacial score (nSPS) is 12.5. The van der Waals surface area contributed by atoms with Gasteiger partial charge in [0.1, 0.15) is 35.2 Å². The molecule has 0 radical (unpaired) electrons. The summed E-state index contributed by atoms with van der Waals surface area (Å²) >= 11 is 0. The maximum atomic E-state index is 8.93. The van der Waals surface area contributed by atoms with Gasteiger partial charge < -0.3 is 0 Å². The van der Waals surface area contributed by atoms with Crippen LogP contribution in [0.2, 0.25) is 0 Å². The first kappa shape index (κ1) is 101. The van der Waals surface area contributed by atoms with E-state index in [4.69, 9.17) is 6.85 Å². The average Bonchev–Trinajstić information content (AvgIpc) is 0.725. The van der Waals surface area contributed by atoms with Gasteiger partial charge in [0.2, 0.25) is 28.5 Å². The van der Waals surface area contributed by atoms with Crippen LogP contribution in [0.5, 0.6) is 0 Å². The number of aryl methyl sites for hydroxylation is 9. The van der Waals surface area contributed by atoms with Crippen LogP contribution < -0.4 is 22.8 Å². The van der Waals surface area contributed by atoms with Gasteiger partial charge in [-0.1, -0.05) is 286 Å². The summed E-state index contributed by atoms with van der Waals surface area (Å²) in [4.78, 5) is 0. The third-order valence-corrected chi connectivity index (χ3v) is 31.1. The molecule has 0 unspecified atom stereocenters. The molecule has 0 atom stereocenters. The SMILES string of the molecule is [2H]c1c(C)[n+](C)c(-c2cc(C)cc(C)c2C)c2ccc(C(C(C)C)C(C)C)cc12.[2H]c1c(C)[n+](C)c(-c2cc(C)ccc2C)c2ccc(C(C(C)C)C(C)C)cc12.[2H]c1c(C)[n+](C)c(-c2cc(CC)cc(CC)c2C)c2ccc(C(C(C)C)C(C)C)cc12.[2H]c1c(C)[n+](C)c(-c2cc(CC)ccc2C)c2ccc(C(C(C)C)C(C)C)cc12.[2H]c1c(C)[n+](C)c(-c2ccccc2C)c2ccc(C(C(C)C)C(C)C)cc12. The van der Waals surface area contributed by atoms with Crippen LogP contribution in [0.1, 0.15) is 313 Å². The number of hydrogen-bond donors (Lipinski definition) is 0. The van der Waals surface area contributed by atoms with Crippen molar-refractivity contribution in [3.8, 4) is 56.3 Å². The van der Waals surface area contributed by atoms with Crippen LogP contribution in [0.4, 0.5) is 0 Å². The van der Waals surface area contributed by atoms with Gasteiger partial charge in [0.15, 0.2) is 28.5 Å². The zero-order valence-electron chi connectivity index (χ0n) is 98.8. The Labute approximate surface area is 850 Å². The maximum absolute atomic E-state index is 8.93. The highest BCUT2D eigenvalue weighted by Crippen LogP contribution is 2.45. The van der Waals surface area contributed by atoms with Crippen LogP contribution in [0, 0.1) is 149 Å². The Bertz CT molecular complexity index is 7190. The fraction of sp³-hybridized carbons (Fsp3) is 0.440. The first-order valence-corrected chi connectivity index (χ1v) is 52.8. The smallest absolute Gasteiger partial charge is 0.198 e. The molecule has 0 bridgehead atoms. The van der Waals surface area contributed by atoms with Gasteiger partial charge in [0.25, 0.3) is 0 Å². The van der Waals surface area contributed by atoms with Crippen molar-refractivity contribution in [1.82, 2.24) is 0 Å². The van der Waals surface area contributed by atoms with Gasteiger partial charge in [-0.2, -0.15) is 22.8 Å². The Balaban J connectivity index is 0.000000172. The van der Waals surface area contributed by atoms with Crippen molar-refractivity contribution < 1.29 is 29.7 Å². The fourth-order valence-electron chi connectivity index (χ4n) is 23.8. The molecular formula is C134H178N5+5. The highest BCUT2D eigenvalue weighted by molar-refractivity contribution is 5.99. The second-order valence-corrected chi connectivity index (χ2v) is 44.7. The third kappa shape index (κ3) is 23.9. The molecular weight excluding hydrogens is 1680 g/mol. The monoisotopic (exact) mass is 1860 g/mol. The van der Waals surface area contributed by atoms with Crippen LogP contribution >= 0.6 is 0 Å². The molecule has 5 nitrogen and oxygen atoms in total. The van der Waals surface area contributed by atoms with Gasteiger partial charge in [-0.15, -0.1) is 0 Å². The summed E-state index contributed by atoms with van der Waals surface area (Å²) in [6.45, 7) is 80.5. The molecule has 139 heavy (non-hydrogen) atoms. The van der Waals surface area contributed by atoms with E-state index in [9.17, 15) is 0 Å². The predicted molar refractivity (Wildman–Crippen MR) is 605 cm³/mol. The van der Waals surface area contributed by atoms with Crippen LogP contribution in [0.25, 0.3) is 110 Å². The molecule has 5 heteroatoms. The van der Waals surface area contributed by atoms with E-state index in [1.165, 1.54) is 167 Å². The molecule has 0 fully saturated rings. The number of hydrogen-bond acceptors (Lipinski definition) is 0. The van der Waals surface area contributed by atoms with Crippen LogP contribution in [-0.2, 0) is 54.5 Å². The first-order chi connectivity index (χ1) is 67.7. The lowest BCUT2D eigenvalue weighted by atomic mass is 9.79. The second kappa shape index (κ2) is 46.3. The molecule has 0 N–H and O–H groups in total. The van der Waals surface area contributed by atoms with Gasteiger partial charge >= 0.3 is 0 Å². The summed E-state index contributed by atoms with van der Waals surface area (Å²) < 4.78 is 55.2. The van der Waals surface area contributed by atoms with E-state index in [-0.39, 0.29) is 0 Å². The van der Waals surface area contributed by atoms with E-state index in [1.54, 1.807) is 0 Å². The number of fused-ring (bicyclic) bond motifs is 5. The van der Waals surface area contributed by atoms with Crippen molar-refractivity contribution in [3.05, 3.63) is 324 Å². The summed E-state index contributed by atoms with van der Waals surface area (Å²) in [5.74, 6) is 8.25. The number of benzene rings is 10. The lowest BCUT2D eigenvalue weighted by molar-refractivity contribution is -0.665. The Morgan fingerprint density at radius 1 is 0.223 bits per heavy atom. The molecule has 0 aliphatic rings. The van der Waals surface area contributed by atoms with E-state index in [0.717, 1.165) is 80.0 Å². The first-order valence-electron chi connectivity index (χ1n) is 55.3. The van der Waals surface area contributed by atoms with Crippen molar-refractivity contribution in [2.24, 2.45) is 94.4 Å². The minimum atomic E-state index is 0.498. The van der Waals surface area contributed by atoms with Gasteiger partial charge in [-0.25, -0.2) is 0 Å². The Morgan fingerprint density at radius 3 is 0.777 bits per heavy atom. The highest BCUT2D eigenvalue weighted by Gasteiger charge is 2.32. The Hall–Kier alpha value is -10.8. The van der Waals surface area contributed by atoms with E-state index >= 15 is 0 Å². The number of rotatable bonds is 23. The van der Waals surface area contributed by atoms with E-state index in [0.29, 0.717) is 119 Å². The summed E-state index contributed by atoms with van der Waals surface area (Å²) in [5, 5.41) is 11.2. The summed E-state index contributed by atoms with van der Waals surface area (Å²) in [6.07, 6.45) is 3.10. The van der Waals surface area contributed by atoms with Crippen LogP contribution in [-0.4, -0.2) is 0 Å². The van der Waals surface area contributed by atoms with Crippen molar-refractivity contribution in [1.29, 1.82) is 0 Å². The summed E-state index contributed by atoms with van der Waals surface area (Å²) in [6, 6.07) is 68.6. The minimum absolute atomic E-state index is 0.498. The number of aromatic nitrogens is 5. The van der Waals surface area contributed by atoms with Gasteiger partial charge in [0, 0.05) is 81.5 Å². The van der Waals surface area contributed by atoms with Gasteiger partial charge in [-0.3, -0.25) is 0 Å². The average molecular weight is 1860 g/mol. The number of pyridine rings is 5. The van der Waals surface area contributed by atoms with E-state index in [1.807, 2.05) is 0 Å². The van der Waals surface area contributed by atoms with Gasteiger partial charge in [-0.05, 0) is 329 Å². The van der Waals surface area contributed by atoms with Crippen LogP contribution in [0.3, 0.4) is 0 Å². The molecule has 0 spiro atoms. The maximum Gasteiger partial charge on any atom is 0.220 e. The molecule has 15 aromatic rings. The molecule has 0 aliphatic carbocycles. The van der Waals surface area contributed by atoms with Crippen molar-refractivity contribution >= 4 is 53.9 Å². The van der Waals surface area contributed by atoms with Crippen molar-refractivity contribution in [2.45, 2.75) is 298 Å². The third-order valence-electron chi connectivity index (χ3n) is 31.1. The molecule has 734 valence electrons. The Morgan fingerprint density at radius 2 is 0.482 bits per heavy atom. The summed E-state index contributed by atoms with van der Waals surface area (Å²) in [7, 11) is 10.5. The fourth-order valence-corrected chi connectivity index (χ4v) is 23.8. The second-order valence-electron chi connectivity index (χ2n) is 44.7. The van der Waals surface area contributed by atoms with E-state index in [2.05, 4.69) is 483 Å². The van der Waals surface area contributed by atoms with Crippen molar-refractivity contribution in [2.75, 3.05) is 0 Å². The zero-order chi connectivity index (χ0) is 107. The van der Waals surface area contributed by atoms with Gasteiger partial charge in [0.05, 0.1) is 44.9 Å². The van der Waals surface area contributed by atoms with E-state index < -0.39 is 0 Å². The lowest BCUT2D eigenvalue weighted by Gasteiger charge is -2.26. The topological polar surface area (TPSA) is 19.4 Å². The zero-order valence-corrected chi connectivity index (χ0v) is 93.8. The van der Waals surface area contributed by atoms with Crippen LogP contribution in [0.15, 0.2) is 206 Å². The summed E-state index contributed by atoms with van der Waals surface area (Å²) in [5.41, 5.74) is 38.8. The minimum Gasteiger partial charge on any atom is -0.198 e. The largest absolute Gasteiger partial charge is 0.220 e. The predicted octanol–water partition coefficient (Wildman–Crippen LogP) is 34.3. The lowest BCUT2D eigenvalue weighted by Crippen LogP contribution is -2.35. The molecule has 0 saturated carbocycles. The molecule has 5 heterocycles. The molecule has 15 rings (SSSR count). The molecule has 5 aromatic heterocycles. The standard InChI is InChI=1S/C29H40N.2C27H36N.C26H34N.C25H32N/c1-10-22-15-23(11-2)21(8)27(16-22)29-26-13-12-24(28(18(3)4)19(5)6)17-25(26)14-20(7)30(29)9;1-16(2)26(17(3)4)22-10-11-24-23(15-22)14-20(7)28(9)27(24)25-13-18(5)12-19(6)21(25)8;1-9-21-11-10-19(6)25(15-21)27-24-13-12-22(26(17(2)3)18(4)5)16-23(24)14-20(7)28(27)8;1-16(2)25(17(3)4)21-11-12-23-22(15-21)14-20(7)27(8)26(23)24-13-18(5)9-10-19(24)6;1-16(2)24(17(3)4)20-12-13-23-21(15-20)14-19(6)26(7)25(23)22-11-9-8-10-18(22)5/h12-19,28H,10-11H2,1-9H3;10-17,26H,1-9H3;10-18,26H,9H2,1-8H3;9-17,25H,1-8H3;8-17,24H,1-7H3/q5*+1/i5*14D. The molecule has 0 saturated heterocycles. The highest BCUT2D eigenvalue weighted by atomic mass is 15.0.